The summed E-state index contributed by atoms with van der Waals surface area (Å²) in [6, 6.07) is 6.06. The van der Waals surface area contributed by atoms with Gasteiger partial charge in [-0.25, -0.2) is 4.98 Å². The van der Waals surface area contributed by atoms with E-state index >= 15 is 0 Å². The molecule has 3 aliphatic rings. The summed E-state index contributed by atoms with van der Waals surface area (Å²) in [5, 5.41) is 3.17. The number of nitrogens with zero attached hydrogens (tertiary/aromatic N) is 3. The summed E-state index contributed by atoms with van der Waals surface area (Å²) in [5.41, 5.74) is 1.32. The fourth-order valence-corrected chi connectivity index (χ4v) is 3.42. The van der Waals surface area contributed by atoms with Gasteiger partial charge < -0.3 is 14.6 Å². The SMILES string of the molecule is O=C(N[C@H]1CN2CCC1CC2)c1cn2ccccc2n1. The molecule has 0 spiro atoms. The quantitative estimate of drug-likeness (QED) is 0.891. The molecule has 3 fully saturated rings. The maximum absolute atomic E-state index is 12.4. The van der Waals surface area contributed by atoms with Gasteiger partial charge in [0.1, 0.15) is 11.3 Å². The Kier molecular flexibility index (Phi) is 2.73. The Morgan fingerprint density at radius 2 is 2.15 bits per heavy atom. The van der Waals surface area contributed by atoms with Crippen LogP contribution in [0.2, 0.25) is 0 Å². The van der Waals surface area contributed by atoms with Crippen molar-refractivity contribution in [3.63, 3.8) is 0 Å². The molecule has 104 valence electrons. The molecule has 0 unspecified atom stereocenters. The van der Waals surface area contributed by atoms with E-state index in [1.54, 1.807) is 6.20 Å². The summed E-state index contributed by atoms with van der Waals surface area (Å²) in [6.45, 7) is 3.36. The number of hydrogen-bond donors (Lipinski definition) is 1. The maximum Gasteiger partial charge on any atom is 0.271 e. The Balaban J connectivity index is 1.52. The van der Waals surface area contributed by atoms with Crippen molar-refractivity contribution >= 4 is 11.6 Å². The Labute approximate surface area is 117 Å². The van der Waals surface area contributed by atoms with Crippen LogP contribution in [-0.4, -0.2) is 45.9 Å². The average molecular weight is 270 g/mol. The highest BCUT2D eigenvalue weighted by Crippen LogP contribution is 2.27. The zero-order valence-corrected chi connectivity index (χ0v) is 11.3. The summed E-state index contributed by atoms with van der Waals surface area (Å²) in [5.74, 6) is 0.591. The summed E-state index contributed by atoms with van der Waals surface area (Å²) in [7, 11) is 0. The summed E-state index contributed by atoms with van der Waals surface area (Å²) < 4.78 is 1.88. The Hall–Kier alpha value is -1.88. The first-order valence-corrected chi connectivity index (χ1v) is 7.26. The van der Waals surface area contributed by atoms with Gasteiger partial charge in [-0.05, 0) is 44.0 Å². The highest BCUT2D eigenvalue weighted by Gasteiger charge is 2.35. The number of carbonyl (C=O) groups is 1. The van der Waals surface area contributed by atoms with Crippen LogP contribution in [0.1, 0.15) is 23.3 Å². The van der Waals surface area contributed by atoms with E-state index in [0.717, 1.165) is 12.2 Å². The fraction of sp³-hybridized carbons (Fsp3) is 0.467. The van der Waals surface area contributed by atoms with E-state index in [2.05, 4.69) is 15.2 Å². The number of nitrogens with one attached hydrogen (secondary N) is 1. The lowest BCUT2D eigenvalue weighted by Gasteiger charge is -2.44. The molecule has 5 nitrogen and oxygen atoms in total. The van der Waals surface area contributed by atoms with Crippen molar-refractivity contribution in [2.45, 2.75) is 18.9 Å². The molecule has 3 aliphatic heterocycles. The predicted molar refractivity (Wildman–Crippen MR) is 75.6 cm³/mol. The van der Waals surface area contributed by atoms with Gasteiger partial charge in [0.15, 0.2) is 0 Å². The van der Waals surface area contributed by atoms with Gasteiger partial charge in [-0.3, -0.25) is 4.79 Å². The van der Waals surface area contributed by atoms with Crippen molar-refractivity contribution in [3.05, 3.63) is 36.3 Å². The van der Waals surface area contributed by atoms with Gasteiger partial charge in [0.2, 0.25) is 0 Å². The number of amides is 1. The lowest BCUT2D eigenvalue weighted by Crippen LogP contribution is -2.57. The smallest absolute Gasteiger partial charge is 0.271 e. The highest BCUT2D eigenvalue weighted by atomic mass is 16.2. The molecular weight excluding hydrogens is 252 g/mol. The normalized spacial score (nSPS) is 28.7. The standard InChI is InChI=1S/C15H18N4O/c20-15(13-10-19-6-2-1-3-14(19)16-13)17-12-9-18-7-4-11(12)5-8-18/h1-3,6,10-12H,4-5,7-9H2,(H,17,20)/t12-/m0/s1. The van der Waals surface area contributed by atoms with Crippen molar-refractivity contribution in [2.75, 3.05) is 19.6 Å². The van der Waals surface area contributed by atoms with Crippen molar-refractivity contribution in [2.24, 2.45) is 5.92 Å². The number of pyridine rings is 1. The van der Waals surface area contributed by atoms with Crippen molar-refractivity contribution in [3.8, 4) is 0 Å². The van der Waals surface area contributed by atoms with E-state index in [-0.39, 0.29) is 11.9 Å². The lowest BCUT2D eigenvalue weighted by molar-refractivity contribution is 0.0618. The maximum atomic E-state index is 12.4. The van der Waals surface area contributed by atoms with Gasteiger partial charge in [0.25, 0.3) is 5.91 Å². The van der Waals surface area contributed by atoms with Gasteiger partial charge in [-0.15, -0.1) is 0 Å². The number of carbonyl (C=O) groups excluding carboxylic acids is 1. The molecule has 0 saturated carbocycles. The highest BCUT2D eigenvalue weighted by molar-refractivity contribution is 5.93. The van der Waals surface area contributed by atoms with Crippen LogP contribution in [-0.2, 0) is 0 Å². The van der Waals surface area contributed by atoms with Crippen LogP contribution in [0.3, 0.4) is 0 Å². The van der Waals surface area contributed by atoms with Crippen LogP contribution in [0.4, 0.5) is 0 Å². The second-order valence-corrected chi connectivity index (χ2v) is 5.81. The number of fused-ring (bicyclic) bond motifs is 4. The lowest BCUT2D eigenvalue weighted by atomic mass is 9.84. The van der Waals surface area contributed by atoms with Crippen LogP contribution in [0, 0.1) is 5.92 Å². The first-order valence-electron chi connectivity index (χ1n) is 7.26. The van der Waals surface area contributed by atoms with Crippen LogP contribution in [0.25, 0.3) is 5.65 Å². The largest absolute Gasteiger partial charge is 0.346 e. The summed E-state index contributed by atoms with van der Waals surface area (Å²) in [6.07, 6.45) is 6.12. The zero-order chi connectivity index (χ0) is 13.5. The second kappa shape index (κ2) is 4.59. The predicted octanol–water partition coefficient (Wildman–Crippen LogP) is 1.16. The molecule has 3 saturated heterocycles. The van der Waals surface area contributed by atoms with Crippen LogP contribution < -0.4 is 5.32 Å². The number of rotatable bonds is 2. The van der Waals surface area contributed by atoms with Crippen molar-refractivity contribution in [1.82, 2.24) is 19.6 Å². The summed E-state index contributed by atoms with van der Waals surface area (Å²) in [4.78, 5) is 19.2. The number of piperidine rings is 3. The van der Waals surface area contributed by atoms with Crippen LogP contribution >= 0.6 is 0 Å². The van der Waals surface area contributed by atoms with E-state index in [9.17, 15) is 4.79 Å². The van der Waals surface area contributed by atoms with Crippen LogP contribution in [0.15, 0.2) is 30.6 Å². The Bertz CT molecular complexity index is 609. The third-order valence-corrected chi connectivity index (χ3v) is 4.57. The minimum Gasteiger partial charge on any atom is -0.346 e. The molecule has 0 aliphatic carbocycles. The van der Waals surface area contributed by atoms with E-state index in [0.29, 0.717) is 11.6 Å². The third kappa shape index (κ3) is 1.98. The molecule has 5 rings (SSSR count). The zero-order valence-electron chi connectivity index (χ0n) is 11.3. The monoisotopic (exact) mass is 270 g/mol. The molecule has 20 heavy (non-hydrogen) atoms. The summed E-state index contributed by atoms with van der Waals surface area (Å²) >= 11 is 0. The minimum absolute atomic E-state index is 0.0487. The van der Waals surface area contributed by atoms with Gasteiger partial charge in [-0.2, -0.15) is 0 Å². The molecule has 2 bridgehead atoms. The average Bonchev–Trinajstić information content (AvgIpc) is 2.92. The Morgan fingerprint density at radius 3 is 2.85 bits per heavy atom. The molecule has 1 N–H and O–H groups in total. The van der Waals surface area contributed by atoms with Gasteiger partial charge in [-0.1, -0.05) is 6.07 Å². The molecule has 0 radical (unpaired) electrons. The van der Waals surface area contributed by atoms with Gasteiger partial charge in [0, 0.05) is 25.0 Å². The molecule has 2 aromatic rings. The van der Waals surface area contributed by atoms with Crippen molar-refractivity contribution in [1.29, 1.82) is 0 Å². The molecule has 1 atom stereocenters. The van der Waals surface area contributed by atoms with E-state index < -0.39 is 0 Å². The minimum atomic E-state index is -0.0487. The molecule has 5 heteroatoms. The van der Waals surface area contributed by atoms with E-state index in [1.165, 1.54) is 25.9 Å². The van der Waals surface area contributed by atoms with E-state index in [1.807, 2.05) is 28.8 Å². The number of imidazole rings is 1. The van der Waals surface area contributed by atoms with E-state index in [4.69, 9.17) is 0 Å². The second-order valence-electron chi connectivity index (χ2n) is 5.81. The van der Waals surface area contributed by atoms with Gasteiger partial charge in [0.05, 0.1) is 0 Å². The molecule has 0 aromatic carbocycles. The first kappa shape index (κ1) is 11.9. The molecule has 1 amide bonds. The fourth-order valence-electron chi connectivity index (χ4n) is 3.42. The topological polar surface area (TPSA) is 49.6 Å². The molecule has 5 heterocycles. The Morgan fingerprint density at radius 1 is 1.30 bits per heavy atom. The van der Waals surface area contributed by atoms with Crippen molar-refractivity contribution < 1.29 is 4.79 Å². The number of hydrogen-bond acceptors (Lipinski definition) is 3. The first-order chi connectivity index (χ1) is 9.79. The van der Waals surface area contributed by atoms with Crippen LogP contribution in [0.5, 0.6) is 0 Å². The molecular formula is C15H18N4O. The van der Waals surface area contributed by atoms with Gasteiger partial charge >= 0.3 is 0 Å². The number of aromatic nitrogens is 2. The molecule has 2 aromatic heterocycles. The third-order valence-electron chi connectivity index (χ3n) is 4.57.